The normalized spacial score (nSPS) is 10.8. The van der Waals surface area contributed by atoms with Crippen LogP contribution in [-0.4, -0.2) is 28.8 Å². The van der Waals surface area contributed by atoms with Crippen molar-refractivity contribution < 1.29 is 14.0 Å². The van der Waals surface area contributed by atoms with Gasteiger partial charge in [-0.05, 0) is 43.3 Å². The third-order valence-corrected chi connectivity index (χ3v) is 3.96. The van der Waals surface area contributed by atoms with Crippen LogP contribution in [0.15, 0.2) is 59.1 Å². The fourth-order valence-electron chi connectivity index (χ4n) is 2.72. The number of rotatable bonds is 5. The number of benzene rings is 2. The van der Waals surface area contributed by atoms with E-state index in [0.29, 0.717) is 29.8 Å². The van der Waals surface area contributed by atoms with E-state index in [1.165, 1.54) is 0 Å². The molecule has 0 aliphatic carbocycles. The van der Waals surface area contributed by atoms with Crippen LogP contribution in [0.25, 0.3) is 33.7 Å². The number of pyridine rings is 1. The number of methoxy groups -OCH3 is 1. The smallest absolute Gasteiger partial charge is 0.258 e. The zero-order valence-electron chi connectivity index (χ0n) is 14.5. The van der Waals surface area contributed by atoms with Gasteiger partial charge in [0.1, 0.15) is 5.75 Å². The zero-order valence-corrected chi connectivity index (χ0v) is 14.5. The molecule has 0 saturated heterocycles. The van der Waals surface area contributed by atoms with Crippen molar-refractivity contribution in [3.63, 3.8) is 0 Å². The minimum Gasteiger partial charge on any atom is -0.494 e. The summed E-state index contributed by atoms with van der Waals surface area (Å²) in [4.78, 5) is 9.03. The van der Waals surface area contributed by atoms with Crippen LogP contribution >= 0.6 is 0 Å². The number of fused-ring (bicyclic) bond motifs is 1. The van der Waals surface area contributed by atoms with Crippen molar-refractivity contribution in [2.24, 2.45) is 0 Å². The molecule has 0 aliphatic heterocycles. The van der Waals surface area contributed by atoms with Crippen molar-refractivity contribution in [3.8, 4) is 34.5 Å². The molecule has 0 aliphatic rings. The van der Waals surface area contributed by atoms with Gasteiger partial charge in [0.05, 0.1) is 24.8 Å². The molecule has 4 aromatic rings. The lowest BCUT2D eigenvalue weighted by atomic mass is 10.1. The zero-order chi connectivity index (χ0) is 17.9. The molecule has 26 heavy (non-hydrogen) atoms. The minimum absolute atomic E-state index is 0.429. The number of ether oxygens (including phenoxy) is 2. The lowest BCUT2D eigenvalue weighted by Crippen LogP contribution is -1.94. The van der Waals surface area contributed by atoms with Gasteiger partial charge in [-0.15, -0.1) is 0 Å². The van der Waals surface area contributed by atoms with Gasteiger partial charge >= 0.3 is 0 Å². The van der Waals surface area contributed by atoms with Gasteiger partial charge in [0.15, 0.2) is 0 Å². The molecule has 0 radical (unpaired) electrons. The molecule has 0 amide bonds. The molecule has 0 bridgehead atoms. The first kappa shape index (κ1) is 16.1. The molecule has 6 nitrogen and oxygen atoms in total. The molecule has 130 valence electrons. The third-order valence-electron chi connectivity index (χ3n) is 3.96. The van der Waals surface area contributed by atoms with E-state index in [-0.39, 0.29) is 0 Å². The Labute approximate surface area is 150 Å². The quantitative estimate of drug-likeness (QED) is 0.534. The Hall–Kier alpha value is -3.41. The highest BCUT2D eigenvalue weighted by molar-refractivity contribution is 5.85. The molecule has 4 rings (SSSR count). The van der Waals surface area contributed by atoms with Gasteiger partial charge in [0.25, 0.3) is 5.89 Å². The molecule has 2 heterocycles. The van der Waals surface area contributed by atoms with Gasteiger partial charge in [0, 0.05) is 10.9 Å². The van der Waals surface area contributed by atoms with Gasteiger partial charge in [-0.2, -0.15) is 4.98 Å². The number of hydrogen-bond donors (Lipinski definition) is 0. The van der Waals surface area contributed by atoms with Crippen LogP contribution in [0.4, 0.5) is 0 Å². The SMILES string of the molecule is CCOc1ccc(-c2nc(-c3cc4ccccc4nc3OC)no2)cc1. The fraction of sp³-hybridized carbons (Fsp3) is 0.150. The summed E-state index contributed by atoms with van der Waals surface area (Å²) in [5, 5.41) is 5.08. The predicted octanol–water partition coefficient (Wildman–Crippen LogP) is 4.36. The average molecular weight is 347 g/mol. The summed E-state index contributed by atoms with van der Waals surface area (Å²) >= 11 is 0. The summed E-state index contributed by atoms with van der Waals surface area (Å²) in [7, 11) is 1.58. The Morgan fingerprint density at radius 1 is 1.00 bits per heavy atom. The lowest BCUT2D eigenvalue weighted by molar-refractivity contribution is 0.340. The number of aromatic nitrogens is 3. The first-order chi connectivity index (χ1) is 12.8. The van der Waals surface area contributed by atoms with Gasteiger partial charge < -0.3 is 14.0 Å². The van der Waals surface area contributed by atoms with Crippen molar-refractivity contribution in [1.29, 1.82) is 0 Å². The molecule has 0 fully saturated rings. The van der Waals surface area contributed by atoms with E-state index in [0.717, 1.165) is 22.2 Å². The van der Waals surface area contributed by atoms with E-state index in [1.807, 2.05) is 61.5 Å². The van der Waals surface area contributed by atoms with E-state index in [4.69, 9.17) is 14.0 Å². The van der Waals surface area contributed by atoms with E-state index in [9.17, 15) is 0 Å². The van der Waals surface area contributed by atoms with Crippen LogP contribution in [0.2, 0.25) is 0 Å². The Bertz CT molecular complexity index is 1040. The van der Waals surface area contributed by atoms with Gasteiger partial charge in [-0.25, -0.2) is 4.98 Å². The molecule has 0 saturated carbocycles. The molecule has 2 aromatic heterocycles. The summed E-state index contributed by atoms with van der Waals surface area (Å²) in [5.41, 5.74) is 2.36. The maximum Gasteiger partial charge on any atom is 0.258 e. The van der Waals surface area contributed by atoms with Crippen molar-refractivity contribution in [2.75, 3.05) is 13.7 Å². The number of para-hydroxylation sites is 1. The minimum atomic E-state index is 0.429. The van der Waals surface area contributed by atoms with Crippen molar-refractivity contribution in [1.82, 2.24) is 15.1 Å². The first-order valence-electron chi connectivity index (χ1n) is 8.29. The molecule has 0 atom stereocenters. The van der Waals surface area contributed by atoms with Crippen LogP contribution in [-0.2, 0) is 0 Å². The first-order valence-corrected chi connectivity index (χ1v) is 8.29. The summed E-state index contributed by atoms with van der Waals surface area (Å²) in [5.74, 6) is 2.13. The summed E-state index contributed by atoms with van der Waals surface area (Å²) in [6, 6.07) is 17.3. The monoisotopic (exact) mass is 347 g/mol. The van der Waals surface area contributed by atoms with Crippen LogP contribution in [0, 0.1) is 0 Å². The molecule has 0 unspecified atom stereocenters. The Kier molecular flexibility index (Phi) is 4.23. The number of nitrogens with zero attached hydrogens (tertiary/aromatic N) is 3. The molecule has 0 N–H and O–H groups in total. The maximum atomic E-state index is 5.45. The molecule has 6 heteroatoms. The third kappa shape index (κ3) is 2.97. The van der Waals surface area contributed by atoms with Crippen LogP contribution in [0.1, 0.15) is 6.92 Å². The topological polar surface area (TPSA) is 70.3 Å². The Balaban J connectivity index is 1.72. The fourth-order valence-corrected chi connectivity index (χ4v) is 2.72. The second kappa shape index (κ2) is 6.84. The highest BCUT2D eigenvalue weighted by atomic mass is 16.5. The van der Waals surface area contributed by atoms with Gasteiger partial charge in [-0.3, -0.25) is 0 Å². The van der Waals surface area contributed by atoms with Gasteiger partial charge in [-0.1, -0.05) is 23.4 Å². The van der Waals surface area contributed by atoms with Gasteiger partial charge in [0.2, 0.25) is 11.7 Å². The number of hydrogen-bond acceptors (Lipinski definition) is 6. The Morgan fingerprint density at radius 2 is 1.81 bits per heavy atom. The standard InChI is InChI=1S/C20H17N3O3/c1-3-25-15-10-8-13(9-11-15)19-22-18(23-26-19)16-12-14-6-4-5-7-17(14)21-20(16)24-2/h4-12H,3H2,1-2H3. The molecular formula is C20H17N3O3. The highest BCUT2D eigenvalue weighted by Crippen LogP contribution is 2.31. The van der Waals surface area contributed by atoms with Crippen molar-refractivity contribution in [3.05, 3.63) is 54.6 Å². The van der Waals surface area contributed by atoms with Crippen LogP contribution < -0.4 is 9.47 Å². The average Bonchev–Trinajstić information content (AvgIpc) is 3.18. The van der Waals surface area contributed by atoms with Crippen molar-refractivity contribution >= 4 is 10.9 Å². The van der Waals surface area contributed by atoms with Crippen LogP contribution in [0.3, 0.4) is 0 Å². The van der Waals surface area contributed by atoms with E-state index >= 15 is 0 Å². The van der Waals surface area contributed by atoms with E-state index in [2.05, 4.69) is 15.1 Å². The lowest BCUT2D eigenvalue weighted by Gasteiger charge is -2.06. The van der Waals surface area contributed by atoms with E-state index in [1.54, 1.807) is 7.11 Å². The largest absolute Gasteiger partial charge is 0.494 e. The molecule has 2 aromatic carbocycles. The maximum absolute atomic E-state index is 5.45. The second-order valence-electron chi connectivity index (χ2n) is 5.62. The van der Waals surface area contributed by atoms with Crippen LogP contribution in [0.5, 0.6) is 11.6 Å². The van der Waals surface area contributed by atoms with Crippen molar-refractivity contribution in [2.45, 2.75) is 6.92 Å². The predicted molar refractivity (Wildman–Crippen MR) is 98.2 cm³/mol. The summed E-state index contributed by atoms with van der Waals surface area (Å²) in [6.45, 7) is 2.57. The van der Waals surface area contributed by atoms with E-state index < -0.39 is 0 Å². The summed E-state index contributed by atoms with van der Waals surface area (Å²) in [6.07, 6.45) is 0. The Morgan fingerprint density at radius 3 is 2.58 bits per heavy atom. The second-order valence-corrected chi connectivity index (χ2v) is 5.62. The summed E-state index contributed by atoms with van der Waals surface area (Å²) < 4.78 is 16.3. The highest BCUT2D eigenvalue weighted by Gasteiger charge is 2.16. The molecule has 0 spiro atoms. The molecular weight excluding hydrogens is 330 g/mol.